The van der Waals surface area contributed by atoms with Gasteiger partial charge in [-0.3, -0.25) is 0 Å². The zero-order valence-electron chi connectivity index (χ0n) is 10.6. The standard InChI is InChI=1S/C14H22N2S/c1-10-16-14(9-17-10)7-11-3-2-4-12(11)8-15-13-5-6-13/h9,11-13,15H,2-8H2,1H3. The highest BCUT2D eigenvalue weighted by Gasteiger charge is 2.29. The Labute approximate surface area is 108 Å². The summed E-state index contributed by atoms with van der Waals surface area (Å²) in [6.45, 7) is 3.35. The van der Waals surface area contributed by atoms with E-state index in [2.05, 4.69) is 22.6 Å². The Morgan fingerprint density at radius 3 is 2.82 bits per heavy atom. The molecule has 2 nitrogen and oxygen atoms in total. The molecule has 17 heavy (non-hydrogen) atoms. The van der Waals surface area contributed by atoms with Crippen molar-refractivity contribution in [3.05, 3.63) is 16.1 Å². The zero-order chi connectivity index (χ0) is 11.7. The minimum atomic E-state index is 0.859. The lowest BCUT2D eigenvalue weighted by atomic mass is 9.92. The number of hydrogen-bond acceptors (Lipinski definition) is 3. The van der Waals surface area contributed by atoms with Crippen LogP contribution in [0.15, 0.2) is 5.38 Å². The van der Waals surface area contributed by atoms with Crippen LogP contribution in [0.1, 0.15) is 42.8 Å². The summed E-state index contributed by atoms with van der Waals surface area (Å²) >= 11 is 1.79. The topological polar surface area (TPSA) is 24.9 Å². The number of rotatable bonds is 5. The molecule has 1 aromatic rings. The molecule has 2 unspecified atom stereocenters. The normalized spacial score (nSPS) is 28.8. The van der Waals surface area contributed by atoms with Crippen LogP contribution in [0.4, 0.5) is 0 Å². The van der Waals surface area contributed by atoms with Crippen LogP contribution >= 0.6 is 11.3 Å². The zero-order valence-corrected chi connectivity index (χ0v) is 11.4. The summed E-state index contributed by atoms with van der Waals surface area (Å²) in [5.41, 5.74) is 1.33. The Balaban J connectivity index is 1.53. The third-order valence-electron chi connectivity index (χ3n) is 4.20. The van der Waals surface area contributed by atoms with Gasteiger partial charge in [-0.25, -0.2) is 4.98 Å². The van der Waals surface area contributed by atoms with E-state index in [0.717, 1.165) is 17.9 Å². The highest BCUT2D eigenvalue weighted by atomic mass is 32.1. The van der Waals surface area contributed by atoms with Gasteiger partial charge >= 0.3 is 0 Å². The molecule has 0 bridgehead atoms. The van der Waals surface area contributed by atoms with E-state index in [4.69, 9.17) is 0 Å². The van der Waals surface area contributed by atoms with E-state index in [1.54, 1.807) is 11.3 Å². The van der Waals surface area contributed by atoms with Crippen molar-refractivity contribution in [2.24, 2.45) is 11.8 Å². The number of thiazole rings is 1. The third kappa shape index (κ3) is 3.08. The van der Waals surface area contributed by atoms with Gasteiger partial charge in [-0.05, 0) is 57.4 Å². The fourth-order valence-electron chi connectivity index (χ4n) is 3.03. The van der Waals surface area contributed by atoms with Crippen LogP contribution in [0, 0.1) is 18.8 Å². The van der Waals surface area contributed by atoms with Gasteiger partial charge in [0.2, 0.25) is 0 Å². The summed E-state index contributed by atoms with van der Waals surface area (Å²) in [5, 5.41) is 7.16. The van der Waals surface area contributed by atoms with E-state index in [9.17, 15) is 0 Å². The van der Waals surface area contributed by atoms with Gasteiger partial charge in [0.25, 0.3) is 0 Å². The fraction of sp³-hybridized carbons (Fsp3) is 0.786. The van der Waals surface area contributed by atoms with Gasteiger partial charge < -0.3 is 5.32 Å². The van der Waals surface area contributed by atoms with E-state index in [-0.39, 0.29) is 0 Å². The maximum absolute atomic E-state index is 4.61. The summed E-state index contributed by atoms with van der Waals surface area (Å²) in [7, 11) is 0. The van der Waals surface area contributed by atoms with Crippen LogP contribution in [0.5, 0.6) is 0 Å². The monoisotopic (exact) mass is 250 g/mol. The molecule has 1 N–H and O–H groups in total. The molecular weight excluding hydrogens is 228 g/mol. The van der Waals surface area contributed by atoms with Crippen molar-refractivity contribution in [2.75, 3.05) is 6.54 Å². The van der Waals surface area contributed by atoms with Crippen molar-refractivity contribution in [3.63, 3.8) is 0 Å². The summed E-state index contributed by atoms with van der Waals surface area (Å²) in [4.78, 5) is 4.61. The minimum absolute atomic E-state index is 0.859. The van der Waals surface area contributed by atoms with Crippen LogP contribution in [0.3, 0.4) is 0 Å². The van der Waals surface area contributed by atoms with E-state index < -0.39 is 0 Å². The first-order valence-corrected chi connectivity index (χ1v) is 7.83. The summed E-state index contributed by atoms with van der Waals surface area (Å²) in [5.74, 6) is 1.78. The van der Waals surface area contributed by atoms with Crippen molar-refractivity contribution in [3.8, 4) is 0 Å². The predicted molar refractivity (Wildman–Crippen MR) is 72.4 cm³/mol. The lowest BCUT2D eigenvalue weighted by Crippen LogP contribution is -2.27. The van der Waals surface area contributed by atoms with Gasteiger partial charge in [0.05, 0.1) is 10.7 Å². The van der Waals surface area contributed by atoms with Gasteiger partial charge in [-0.15, -0.1) is 11.3 Å². The Morgan fingerprint density at radius 1 is 1.29 bits per heavy atom. The molecule has 1 aromatic heterocycles. The molecule has 3 rings (SSSR count). The Bertz CT molecular complexity index is 370. The maximum Gasteiger partial charge on any atom is 0.0897 e. The van der Waals surface area contributed by atoms with Crippen LogP contribution in [-0.2, 0) is 6.42 Å². The lowest BCUT2D eigenvalue weighted by molar-refractivity contribution is 0.362. The van der Waals surface area contributed by atoms with E-state index in [0.29, 0.717) is 0 Å². The molecule has 0 radical (unpaired) electrons. The van der Waals surface area contributed by atoms with Gasteiger partial charge in [0, 0.05) is 11.4 Å². The first-order chi connectivity index (χ1) is 8.31. The predicted octanol–water partition coefficient (Wildman–Crippen LogP) is 3.16. The van der Waals surface area contributed by atoms with Crippen molar-refractivity contribution >= 4 is 11.3 Å². The van der Waals surface area contributed by atoms with Crippen molar-refractivity contribution in [1.29, 1.82) is 0 Å². The Morgan fingerprint density at radius 2 is 2.12 bits per heavy atom. The van der Waals surface area contributed by atoms with Crippen molar-refractivity contribution in [2.45, 2.75) is 51.5 Å². The maximum atomic E-state index is 4.61. The average Bonchev–Trinajstić information content (AvgIpc) is 2.90. The van der Waals surface area contributed by atoms with Crippen molar-refractivity contribution < 1.29 is 0 Å². The van der Waals surface area contributed by atoms with Crippen LogP contribution in [-0.4, -0.2) is 17.6 Å². The molecule has 3 heteroatoms. The molecule has 0 saturated heterocycles. The summed E-state index contributed by atoms with van der Waals surface area (Å²) < 4.78 is 0. The second kappa shape index (κ2) is 5.07. The quantitative estimate of drug-likeness (QED) is 0.868. The minimum Gasteiger partial charge on any atom is -0.314 e. The first kappa shape index (κ1) is 11.7. The number of aromatic nitrogens is 1. The smallest absolute Gasteiger partial charge is 0.0897 e. The van der Waals surface area contributed by atoms with Crippen molar-refractivity contribution in [1.82, 2.24) is 10.3 Å². The summed E-state index contributed by atoms with van der Waals surface area (Å²) in [6, 6.07) is 0.859. The van der Waals surface area contributed by atoms with Gasteiger partial charge in [-0.1, -0.05) is 6.42 Å². The van der Waals surface area contributed by atoms with E-state index in [1.165, 1.54) is 55.8 Å². The fourth-order valence-corrected chi connectivity index (χ4v) is 3.65. The van der Waals surface area contributed by atoms with Gasteiger partial charge in [0.1, 0.15) is 0 Å². The largest absolute Gasteiger partial charge is 0.314 e. The highest BCUT2D eigenvalue weighted by Crippen LogP contribution is 2.34. The number of nitrogens with zero attached hydrogens (tertiary/aromatic N) is 1. The first-order valence-electron chi connectivity index (χ1n) is 6.95. The second-order valence-corrected chi connectivity index (χ2v) is 6.76. The molecule has 2 aliphatic rings. The SMILES string of the molecule is Cc1nc(CC2CCCC2CNC2CC2)cs1. The Kier molecular flexibility index (Phi) is 3.48. The van der Waals surface area contributed by atoms with Gasteiger partial charge in [0.15, 0.2) is 0 Å². The molecule has 94 valence electrons. The molecule has 0 amide bonds. The molecular formula is C14H22N2S. The van der Waals surface area contributed by atoms with E-state index >= 15 is 0 Å². The van der Waals surface area contributed by atoms with Crippen LogP contribution in [0.25, 0.3) is 0 Å². The molecule has 0 aromatic carbocycles. The number of aryl methyl sites for hydroxylation is 1. The van der Waals surface area contributed by atoms with E-state index in [1.807, 2.05) is 0 Å². The molecule has 2 fully saturated rings. The van der Waals surface area contributed by atoms with Crippen LogP contribution < -0.4 is 5.32 Å². The second-order valence-electron chi connectivity index (χ2n) is 5.70. The third-order valence-corrected chi connectivity index (χ3v) is 5.02. The molecule has 2 atom stereocenters. The molecule has 0 spiro atoms. The Hall–Kier alpha value is -0.410. The molecule has 1 heterocycles. The highest BCUT2D eigenvalue weighted by molar-refractivity contribution is 7.09. The summed E-state index contributed by atoms with van der Waals surface area (Å²) in [6.07, 6.45) is 8.28. The van der Waals surface area contributed by atoms with Gasteiger partial charge in [-0.2, -0.15) is 0 Å². The van der Waals surface area contributed by atoms with Crippen LogP contribution in [0.2, 0.25) is 0 Å². The molecule has 2 saturated carbocycles. The number of hydrogen-bond donors (Lipinski definition) is 1. The lowest BCUT2D eigenvalue weighted by Gasteiger charge is -2.19. The molecule has 2 aliphatic carbocycles. The molecule has 0 aliphatic heterocycles. The number of nitrogens with one attached hydrogen (secondary N) is 1. The average molecular weight is 250 g/mol.